The van der Waals surface area contributed by atoms with Crippen LogP contribution < -0.4 is 16.2 Å². The van der Waals surface area contributed by atoms with Gasteiger partial charge in [-0.1, -0.05) is 0 Å². The lowest BCUT2D eigenvalue weighted by Gasteiger charge is -2.32. The van der Waals surface area contributed by atoms with E-state index in [0.29, 0.717) is 18.0 Å². The molecule has 3 heterocycles. The molecule has 2 saturated heterocycles. The Kier molecular flexibility index (Phi) is 2.37. The Morgan fingerprint density at radius 1 is 1.31 bits per heavy atom. The lowest BCUT2D eigenvalue weighted by Crippen LogP contribution is -2.43. The molecule has 0 amide bonds. The normalized spacial score (nSPS) is 28.2. The predicted molar refractivity (Wildman–Crippen MR) is 60.0 cm³/mol. The Bertz CT molecular complexity index is 373. The van der Waals surface area contributed by atoms with Gasteiger partial charge in [0.25, 0.3) is 0 Å². The van der Waals surface area contributed by atoms with Gasteiger partial charge in [-0.15, -0.1) is 0 Å². The molecule has 2 bridgehead atoms. The maximum Gasteiger partial charge on any atom is 0.145 e. The monoisotopic (exact) mass is 221 g/mol. The zero-order valence-electron chi connectivity index (χ0n) is 8.97. The number of ether oxygens (including phenoxy) is 1. The fourth-order valence-electron chi connectivity index (χ4n) is 2.40. The van der Waals surface area contributed by atoms with Crippen molar-refractivity contribution in [1.82, 2.24) is 9.97 Å². The summed E-state index contributed by atoms with van der Waals surface area (Å²) in [5.74, 6) is 6.89. The van der Waals surface area contributed by atoms with Gasteiger partial charge in [0.2, 0.25) is 0 Å². The van der Waals surface area contributed by atoms with Crippen LogP contribution in [0.1, 0.15) is 12.8 Å². The fourth-order valence-corrected chi connectivity index (χ4v) is 2.40. The maximum absolute atomic E-state index is 5.78. The minimum atomic E-state index is 0.364. The van der Waals surface area contributed by atoms with Crippen LogP contribution in [0.4, 0.5) is 11.6 Å². The minimum absolute atomic E-state index is 0.364. The van der Waals surface area contributed by atoms with Crippen molar-refractivity contribution < 1.29 is 4.74 Å². The minimum Gasteiger partial charge on any atom is -0.371 e. The van der Waals surface area contributed by atoms with E-state index in [4.69, 9.17) is 10.6 Å². The summed E-state index contributed by atoms with van der Waals surface area (Å²) in [4.78, 5) is 10.5. The highest BCUT2D eigenvalue weighted by Crippen LogP contribution is 2.28. The van der Waals surface area contributed by atoms with E-state index in [-0.39, 0.29) is 0 Å². The smallest absolute Gasteiger partial charge is 0.145 e. The van der Waals surface area contributed by atoms with Crippen LogP contribution in [-0.2, 0) is 4.74 Å². The van der Waals surface area contributed by atoms with Crippen molar-refractivity contribution in [3.63, 3.8) is 0 Å². The van der Waals surface area contributed by atoms with Crippen LogP contribution >= 0.6 is 0 Å². The van der Waals surface area contributed by atoms with Gasteiger partial charge in [-0.05, 0) is 12.8 Å². The molecule has 2 fully saturated rings. The molecule has 1 aromatic rings. The standard InChI is InChI=1S/C10H15N5O/c11-14-9-3-10(13-6-12-9)15-4-7-1-2-8(5-15)16-7/h3,6-8H,1-2,4-5,11H2,(H,12,13,14). The van der Waals surface area contributed by atoms with Crippen molar-refractivity contribution in [3.8, 4) is 0 Å². The number of nitrogens with zero attached hydrogens (tertiary/aromatic N) is 3. The Morgan fingerprint density at radius 3 is 2.75 bits per heavy atom. The zero-order chi connectivity index (χ0) is 11.0. The SMILES string of the molecule is NNc1cc(N2CC3CCC(C2)O3)ncn1. The third-order valence-corrected chi connectivity index (χ3v) is 3.17. The van der Waals surface area contributed by atoms with E-state index in [1.54, 1.807) is 0 Å². The zero-order valence-corrected chi connectivity index (χ0v) is 8.97. The second kappa shape index (κ2) is 3.88. The summed E-state index contributed by atoms with van der Waals surface area (Å²) >= 11 is 0. The van der Waals surface area contributed by atoms with Crippen LogP contribution in [0.25, 0.3) is 0 Å². The molecule has 2 atom stereocenters. The molecule has 3 rings (SSSR count). The van der Waals surface area contributed by atoms with Crippen molar-refractivity contribution in [1.29, 1.82) is 0 Å². The molecule has 0 aliphatic carbocycles. The molecule has 0 radical (unpaired) electrons. The van der Waals surface area contributed by atoms with Gasteiger partial charge in [0.15, 0.2) is 0 Å². The number of anilines is 2. The molecule has 3 N–H and O–H groups in total. The van der Waals surface area contributed by atoms with Crippen LogP contribution in [0, 0.1) is 0 Å². The van der Waals surface area contributed by atoms with Crippen molar-refractivity contribution in [3.05, 3.63) is 12.4 Å². The Hall–Kier alpha value is -1.40. The molecular formula is C10H15N5O. The first-order valence-electron chi connectivity index (χ1n) is 5.54. The number of nitrogen functional groups attached to an aromatic ring is 1. The molecule has 2 aliphatic heterocycles. The van der Waals surface area contributed by atoms with Gasteiger partial charge in [-0.2, -0.15) is 0 Å². The first-order chi connectivity index (χ1) is 7.85. The number of rotatable bonds is 2. The second-order valence-corrected chi connectivity index (χ2v) is 4.27. The molecule has 6 nitrogen and oxygen atoms in total. The van der Waals surface area contributed by atoms with E-state index < -0.39 is 0 Å². The average Bonchev–Trinajstić information content (AvgIpc) is 2.68. The number of nitrogens with one attached hydrogen (secondary N) is 1. The summed E-state index contributed by atoms with van der Waals surface area (Å²) in [5, 5.41) is 0. The fraction of sp³-hybridized carbons (Fsp3) is 0.600. The lowest BCUT2D eigenvalue weighted by atomic mass is 10.2. The van der Waals surface area contributed by atoms with E-state index in [9.17, 15) is 0 Å². The molecule has 2 aliphatic rings. The van der Waals surface area contributed by atoms with Gasteiger partial charge in [0, 0.05) is 19.2 Å². The van der Waals surface area contributed by atoms with Crippen LogP contribution in [0.2, 0.25) is 0 Å². The highest BCUT2D eigenvalue weighted by Gasteiger charge is 2.34. The van der Waals surface area contributed by atoms with Gasteiger partial charge < -0.3 is 15.1 Å². The molecule has 6 heteroatoms. The molecule has 0 saturated carbocycles. The maximum atomic E-state index is 5.78. The van der Waals surface area contributed by atoms with E-state index in [2.05, 4.69) is 20.3 Å². The average molecular weight is 221 g/mol. The Morgan fingerprint density at radius 2 is 2.06 bits per heavy atom. The summed E-state index contributed by atoms with van der Waals surface area (Å²) < 4.78 is 5.78. The highest BCUT2D eigenvalue weighted by molar-refractivity contribution is 5.48. The summed E-state index contributed by atoms with van der Waals surface area (Å²) in [5.41, 5.74) is 2.54. The van der Waals surface area contributed by atoms with Crippen molar-refractivity contribution >= 4 is 11.6 Å². The van der Waals surface area contributed by atoms with Gasteiger partial charge in [-0.25, -0.2) is 15.8 Å². The van der Waals surface area contributed by atoms with Crippen molar-refractivity contribution in [2.45, 2.75) is 25.0 Å². The first kappa shape index (κ1) is 9.80. The molecule has 1 aromatic heterocycles. The van der Waals surface area contributed by atoms with Crippen LogP contribution in [0.15, 0.2) is 12.4 Å². The second-order valence-electron chi connectivity index (χ2n) is 4.27. The molecule has 0 spiro atoms. The van der Waals surface area contributed by atoms with Gasteiger partial charge >= 0.3 is 0 Å². The Labute approximate surface area is 93.8 Å². The predicted octanol–water partition coefficient (Wildman–Crippen LogP) is 0.130. The summed E-state index contributed by atoms with van der Waals surface area (Å²) in [6.45, 7) is 1.83. The summed E-state index contributed by atoms with van der Waals surface area (Å²) in [7, 11) is 0. The molecule has 16 heavy (non-hydrogen) atoms. The van der Waals surface area contributed by atoms with Crippen molar-refractivity contribution in [2.24, 2.45) is 5.84 Å². The molecular weight excluding hydrogens is 206 g/mol. The molecule has 0 aromatic carbocycles. The first-order valence-corrected chi connectivity index (χ1v) is 5.54. The lowest BCUT2D eigenvalue weighted by molar-refractivity contribution is 0.0302. The van der Waals surface area contributed by atoms with E-state index >= 15 is 0 Å². The topological polar surface area (TPSA) is 76.3 Å². The van der Waals surface area contributed by atoms with Gasteiger partial charge in [0.05, 0.1) is 12.2 Å². The van der Waals surface area contributed by atoms with Crippen molar-refractivity contribution in [2.75, 3.05) is 23.4 Å². The van der Waals surface area contributed by atoms with E-state index in [1.165, 1.54) is 6.33 Å². The number of fused-ring (bicyclic) bond motifs is 2. The number of hydrazine groups is 1. The summed E-state index contributed by atoms with van der Waals surface area (Å²) in [6, 6.07) is 1.87. The Balaban J connectivity index is 1.81. The number of hydrogen-bond acceptors (Lipinski definition) is 6. The van der Waals surface area contributed by atoms with Gasteiger partial charge in [0.1, 0.15) is 18.0 Å². The highest BCUT2D eigenvalue weighted by atomic mass is 16.5. The quantitative estimate of drug-likeness (QED) is 0.546. The number of morpholine rings is 1. The molecule has 86 valence electrons. The van der Waals surface area contributed by atoms with Crippen LogP contribution in [0.5, 0.6) is 0 Å². The summed E-state index contributed by atoms with van der Waals surface area (Å²) in [6.07, 6.45) is 4.58. The van der Waals surface area contributed by atoms with E-state index in [0.717, 1.165) is 31.7 Å². The van der Waals surface area contributed by atoms with E-state index in [1.807, 2.05) is 6.07 Å². The number of hydrogen-bond donors (Lipinski definition) is 2. The largest absolute Gasteiger partial charge is 0.371 e. The number of aromatic nitrogens is 2. The van der Waals surface area contributed by atoms with Gasteiger partial charge in [-0.3, -0.25) is 0 Å². The van der Waals surface area contributed by atoms with Crippen LogP contribution in [0.3, 0.4) is 0 Å². The molecule has 2 unspecified atom stereocenters. The third kappa shape index (κ3) is 1.70. The third-order valence-electron chi connectivity index (χ3n) is 3.17. The van der Waals surface area contributed by atoms with Crippen LogP contribution in [-0.4, -0.2) is 35.3 Å². The number of nitrogens with two attached hydrogens (primary N) is 1.